The average Bonchev–Trinajstić information content (AvgIpc) is 2.73. The van der Waals surface area contributed by atoms with Gasteiger partial charge in [-0.15, -0.1) is 0 Å². The van der Waals surface area contributed by atoms with E-state index >= 15 is 0 Å². The van der Waals surface area contributed by atoms with Crippen molar-refractivity contribution in [2.75, 3.05) is 50.8 Å². The van der Waals surface area contributed by atoms with E-state index in [1.807, 2.05) is 56.9 Å². The zero-order valence-corrected chi connectivity index (χ0v) is 18.7. The molecule has 7 heteroatoms. The molecule has 0 unspecified atom stereocenters. The van der Waals surface area contributed by atoms with Crippen LogP contribution in [0.5, 0.6) is 0 Å². The monoisotopic (exact) mass is 417 g/mol. The quantitative estimate of drug-likeness (QED) is 0.700. The Bertz CT molecular complexity index is 713. The van der Waals surface area contributed by atoms with E-state index in [0.29, 0.717) is 18.2 Å². The second-order valence-electron chi connectivity index (χ2n) is 8.99. The van der Waals surface area contributed by atoms with E-state index in [2.05, 4.69) is 9.80 Å². The predicted molar refractivity (Wildman–Crippen MR) is 117 cm³/mol. The number of esters is 1. The Morgan fingerprint density at radius 3 is 2.10 bits per heavy atom. The van der Waals surface area contributed by atoms with Crippen molar-refractivity contribution in [1.82, 2.24) is 9.80 Å². The molecule has 0 N–H and O–H groups in total. The molecule has 0 spiro atoms. The molecule has 7 nitrogen and oxygen atoms in total. The normalized spacial score (nSPS) is 18.9. The lowest BCUT2D eigenvalue weighted by atomic mass is 10.0. The molecule has 30 heavy (non-hydrogen) atoms. The Labute approximate surface area is 179 Å². The molecule has 166 valence electrons. The van der Waals surface area contributed by atoms with Crippen LogP contribution in [0.25, 0.3) is 0 Å². The van der Waals surface area contributed by atoms with Gasteiger partial charge in [0.05, 0.1) is 12.2 Å². The highest BCUT2D eigenvalue weighted by Gasteiger charge is 2.31. The molecular weight excluding hydrogens is 382 g/mol. The lowest BCUT2D eigenvalue weighted by Crippen LogP contribution is -2.54. The first kappa shape index (κ1) is 22.4. The summed E-state index contributed by atoms with van der Waals surface area (Å²) in [6, 6.07) is 8.21. The van der Waals surface area contributed by atoms with Gasteiger partial charge >= 0.3 is 12.1 Å². The summed E-state index contributed by atoms with van der Waals surface area (Å²) in [5.41, 5.74) is 1.29. The molecule has 2 aliphatic rings. The van der Waals surface area contributed by atoms with Crippen molar-refractivity contribution in [2.45, 2.75) is 52.2 Å². The smallest absolute Gasteiger partial charge is 0.410 e. The predicted octanol–water partition coefficient (Wildman–Crippen LogP) is 3.38. The van der Waals surface area contributed by atoms with E-state index in [4.69, 9.17) is 9.47 Å². The highest BCUT2D eigenvalue weighted by Crippen LogP contribution is 2.23. The molecule has 0 saturated carbocycles. The number of hydrogen-bond acceptors (Lipinski definition) is 6. The van der Waals surface area contributed by atoms with Gasteiger partial charge in [0.1, 0.15) is 5.60 Å². The number of piperazine rings is 1. The third-order valence-electron chi connectivity index (χ3n) is 5.69. The van der Waals surface area contributed by atoms with Crippen molar-refractivity contribution >= 4 is 17.7 Å². The summed E-state index contributed by atoms with van der Waals surface area (Å²) in [7, 11) is 0. The van der Waals surface area contributed by atoms with Crippen LogP contribution in [0.2, 0.25) is 0 Å². The molecule has 0 atom stereocenters. The minimum absolute atomic E-state index is 0.197. The van der Waals surface area contributed by atoms with Gasteiger partial charge in [0.25, 0.3) is 0 Å². The second kappa shape index (κ2) is 9.69. The number of rotatable bonds is 4. The first-order valence-electron chi connectivity index (χ1n) is 11.0. The Balaban J connectivity index is 1.45. The van der Waals surface area contributed by atoms with Crippen LogP contribution in [0.1, 0.15) is 50.9 Å². The number of piperidine rings is 1. The van der Waals surface area contributed by atoms with E-state index in [-0.39, 0.29) is 12.1 Å². The van der Waals surface area contributed by atoms with Crippen LogP contribution >= 0.6 is 0 Å². The molecule has 1 aromatic carbocycles. The number of likely N-dealkylation sites (tertiary alicyclic amines) is 1. The Morgan fingerprint density at radius 1 is 0.967 bits per heavy atom. The molecule has 0 aromatic heterocycles. The first-order chi connectivity index (χ1) is 14.3. The van der Waals surface area contributed by atoms with Crippen LogP contribution in [0.3, 0.4) is 0 Å². The largest absolute Gasteiger partial charge is 0.462 e. The molecular formula is C23H35N3O4. The van der Waals surface area contributed by atoms with Crippen molar-refractivity contribution in [1.29, 1.82) is 0 Å². The van der Waals surface area contributed by atoms with Gasteiger partial charge in [0.15, 0.2) is 0 Å². The summed E-state index contributed by atoms with van der Waals surface area (Å²) in [6.07, 6.45) is 1.79. The van der Waals surface area contributed by atoms with E-state index in [1.165, 1.54) is 0 Å². The third kappa shape index (κ3) is 5.88. The summed E-state index contributed by atoms with van der Waals surface area (Å²) in [6.45, 7) is 13.4. The number of hydrogen-bond donors (Lipinski definition) is 0. The Hall–Kier alpha value is -2.28. The van der Waals surface area contributed by atoms with Crippen LogP contribution in [-0.2, 0) is 9.47 Å². The average molecular weight is 418 g/mol. The number of anilines is 1. The highest BCUT2D eigenvalue weighted by molar-refractivity contribution is 5.89. The molecule has 0 aliphatic carbocycles. The molecule has 3 rings (SSSR count). The standard InChI is InChI=1S/C23H35N3O4/c1-5-29-21(27)18-6-8-19(9-7-18)24-14-16-25(17-15-24)20-10-12-26(13-11-20)22(28)30-23(2,3)4/h6-9,20H,5,10-17H2,1-4H3. The van der Waals surface area contributed by atoms with E-state index < -0.39 is 5.60 Å². The van der Waals surface area contributed by atoms with Crippen molar-refractivity contribution in [3.63, 3.8) is 0 Å². The van der Waals surface area contributed by atoms with Crippen molar-refractivity contribution in [3.8, 4) is 0 Å². The molecule has 0 radical (unpaired) electrons. The molecule has 0 bridgehead atoms. The van der Waals surface area contributed by atoms with Crippen LogP contribution < -0.4 is 4.90 Å². The summed E-state index contributed by atoms with van der Waals surface area (Å²) in [5.74, 6) is -0.272. The Morgan fingerprint density at radius 2 is 1.57 bits per heavy atom. The second-order valence-corrected chi connectivity index (χ2v) is 8.99. The zero-order valence-electron chi connectivity index (χ0n) is 18.7. The third-order valence-corrected chi connectivity index (χ3v) is 5.69. The molecule has 2 heterocycles. The topological polar surface area (TPSA) is 62.3 Å². The van der Waals surface area contributed by atoms with Crippen LogP contribution in [0.4, 0.5) is 10.5 Å². The molecule has 2 aliphatic heterocycles. The molecule has 1 amide bonds. The summed E-state index contributed by atoms with van der Waals surface area (Å²) in [4.78, 5) is 30.8. The number of ether oxygens (including phenoxy) is 2. The molecule has 2 saturated heterocycles. The van der Waals surface area contributed by atoms with Gasteiger partial charge in [-0.1, -0.05) is 0 Å². The van der Waals surface area contributed by atoms with Gasteiger partial charge in [-0.2, -0.15) is 0 Å². The number of nitrogens with zero attached hydrogens (tertiary/aromatic N) is 3. The Kier molecular flexibility index (Phi) is 7.23. The van der Waals surface area contributed by atoms with Gasteiger partial charge in [0.2, 0.25) is 0 Å². The number of amides is 1. The summed E-state index contributed by atoms with van der Waals surface area (Å²) >= 11 is 0. The van der Waals surface area contributed by atoms with Gasteiger partial charge in [0, 0.05) is 51.0 Å². The number of benzene rings is 1. The van der Waals surface area contributed by atoms with Crippen LogP contribution in [0, 0.1) is 0 Å². The summed E-state index contributed by atoms with van der Waals surface area (Å²) in [5, 5.41) is 0. The van der Waals surface area contributed by atoms with E-state index in [9.17, 15) is 9.59 Å². The highest BCUT2D eigenvalue weighted by atomic mass is 16.6. The lowest BCUT2D eigenvalue weighted by Gasteiger charge is -2.43. The minimum Gasteiger partial charge on any atom is -0.462 e. The van der Waals surface area contributed by atoms with Crippen LogP contribution in [-0.4, -0.2) is 79.4 Å². The van der Waals surface area contributed by atoms with Crippen molar-refractivity contribution in [2.24, 2.45) is 0 Å². The fourth-order valence-electron chi connectivity index (χ4n) is 4.11. The minimum atomic E-state index is -0.446. The van der Waals surface area contributed by atoms with Gasteiger partial charge in [-0.25, -0.2) is 9.59 Å². The van der Waals surface area contributed by atoms with Gasteiger partial charge in [-0.3, -0.25) is 4.90 Å². The van der Waals surface area contributed by atoms with Crippen molar-refractivity contribution < 1.29 is 19.1 Å². The maximum absolute atomic E-state index is 12.3. The SMILES string of the molecule is CCOC(=O)c1ccc(N2CCN(C3CCN(C(=O)OC(C)(C)C)CC3)CC2)cc1. The fourth-order valence-corrected chi connectivity index (χ4v) is 4.11. The van der Waals surface area contributed by atoms with Crippen molar-refractivity contribution in [3.05, 3.63) is 29.8 Å². The summed E-state index contributed by atoms with van der Waals surface area (Å²) < 4.78 is 10.5. The maximum Gasteiger partial charge on any atom is 0.410 e. The maximum atomic E-state index is 12.3. The zero-order chi connectivity index (χ0) is 21.7. The van der Waals surface area contributed by atoms with E-state index in [1.54, 1.807) is 0 Å². The lowest BCUT2D eigenvalue weighted by molar-refractivity contribution is 0.0139. The molecule has 2 fully saturated rings. The first-order valence-corrected chi connectivity index (χ1v) is 11.0. The molecule has 1 aromatic rings. The number of carbonyl (C=O) groups excluding carboxylic acids is 2. The number of carbonyl (C=O) groups is 2. The fraction of sp³-hybridized carbons (Fsp3) is 0.652. The van der Waals surface area contributed by atoms with Crippen LogP contribution in [0.15, 0.2) is 24.3 Å². The van der Waals surface area contributed by atoms with Gasteiger partial charge < -0.3 is 19.3 Å². The van der Waals surface area contributed by atoms with Gasteiger partial charge in [-0.05, 0) is 64.8 Å². The van der Waals surface area contributed by atoms with E-state index in [0.717, 1.165) is 57.8 Å².